The van der Waals surface area contributed by atoms with Gasteiger partial charge in [0, 0.05) is 37.6 Å². The van der Waals surface area contributed by atoms with Gasteiger partial charge in [0.2, 0.25) is 0 Å². The van der Waals surface area contributed by atoms with Gasteiger partial charge in [0.05, 0.1) is 19.7 Å². The summed E-state index contributed by atoms with van der Waals surface area (Å²) in [5.41, 5.74) is 2.29. The summed E-state index contributed by atoms with van der Waals surface area (Å²) in [5.74, 6) is 2.49. The fourth-order valence-corrected chi connectivity index (χ4v) is 4.63. The lowest BCUT2D eigenvalue weighted by Gasteiger charge is -2.32. The van der Waals surface area contributed by atoms with Crippen molar-refractivity contribution < 1.29 is 14.3 Å². The number of ether oxygens (including phenoxy) is 2. The fourth-order valence-electron chi connectivity index (χ4n) is 4.63. The van der Waals surface area contributed by atoms with Crippen LogP contribution in [0.25, 0.3) is 16.6 Å². The number of rotatable bonds is 4. The first kappa shape index (κ1) is 19.4. The minimum absolute atomic E-state index is 0.00123. The van der Waals surface area contributed by atoms with Gasteiger partial charge in [0.1, 0.15) is 23.0 Å². The van der Waals surface area contributed by atoms with Gasteiger partial charge in [0.15, 0.2) is 5.65 Å². The highest BCUT2D eigenvalue weighted by Crippen LogP contribution is 2.36. The molecule has 160 valence electrons. The van der Waals surface area contributed by atoms with Gasteiger partial charge in [-0.1, -0.05) is 6.07 Å². The first-order valence-electron chi connectivity index (χ1n) is 10.4. The van der Waals surface area contributed by atoms with E-state index in [9.17, 15) is 4.79 Å². The van der Waals surface area contributed by atoms with Crippen molar-refractivity contribution in [2.24, 2.45) is 7.05 Å². The van der Waals surface area contributed by atoms with Crippen LogP contribution >= 0.6 is 0 Å². The minimum atomic E-state index is 0.00123. The van der Waals surface area contributed by atoms with Crippen molar-refractivity contribution in [1.29, 1.82) is 0 Å². The summed E-state index contributed by atoms with van der Waals surface area (Å²) in [6.45, 7) is 1.34. The van der Waals surface area contributed by atoms with Crippen molar-refractivity contribution >= 4 is 22.5 Å². The van der Waals surface area contributed by atoms with Gasteiger partial charge >= 0.3 is 0 Å². The predicted molar refractivity (Wildman–Crippen MR) is 117 cm³/mol. The number of benzene rings is 1. The number of hydrogen-bond acceptors (Lipinski definition) is 5. The molecule has 1 unspecified atom stereocenters. The molecule has 3 aromatic heterocycles. The second-order valence-electron chi connectivity index (χ2n) is 7.90. The van der Waals surface area contributed by atoms with E-state index in [4.69, 9.17) is 9.47 Å². The average Bonchev–Trinajstić information content (AvgIpc) is 3.40. The maximum atomic E-state index is 13.5. The maximum Gasteiger partial charge on any atom is 0.270 e. The average molecular weight is 419 g/mol. The Bertz CT molecular complexity index is 1280. The predicted octanol–water partition coefficient (Wildman–Crippen LogP) is 3.26. The fraction of sp³-hybridized carbons (Fsp3) is 0.348. The first-order valence-corrected chi connectivity index (χ1v) is 10.4. The molecule has 1 fully saturated rings. The molecule has 0 bridgehead atoms. The lowest BCUT2D eigenvalue weighted by atomic mass is 9.97. The molecule has 1 atom stereocenters. The molecule has 1 aliphatic heterocycles. The number of methoxy groups -OCH3 is 2. The van der Waals surface area contributed by atoms with Gasteiger partial charge in [-0.2, -0.15) is 0 Å². The summed E-state index contributed by atoms with van der Waals surface area (Å²) in [7, 11) is 5.16. The smallest absolute Gasteiger partial charge is 0.270 e. The van der Waals surface area contributed by atoms with Crippen LogP contribution in [0.2, 0.25) is 0 Å². The number of nitrogens with zero attached hydrogens (tertiary/aromatic N) is 5. The molecule has 1 aromatic carbocycles. The standard InChI is InChI=1S/C23H25N5O3/c1-26-17(13-16-18(30-2)9-10-19(31-3)21(16)26)23(29)27-11-6-7-15(14-27)22-25-24-20-8-4-5-12-28(20)22/h4-5,8-10,12-13,15H,6-7,11,14H2,1-3H3. The van der Waals surface area contributed by atoms with Crippen LogP contribution in [0, 0.1) is 0 Å². The number of pyridine rings is 1. The Balaban J connectivity index is 1.49. The lowest BCUT2D eigenvalue weighted by molar-refractivity contribution is 0.0695. The molecule has 1 aliphatic rings. The molecule has 0 spiro atoms. The Morgan fingerprint density at radius 3 is 2.71 bits per heavy atom. The summed E-state index contributed by atoms with van der Waals surface area (Å²) < 4.78 is 15.0. The summed E-state index contributed by atoms with van der Waals surface area (Å²) in [5, 5.41) is 9.57. The Morgan fingerprint density at radius 1 is 1.10 bits per heavy atom. The molecule has 1 amide bonds. The van der Waals surface area contributed by atoms with Crippen LogP contribution in [-0.2, 0) is 7.05 Å². The molecule has 1 saturated heterocycles. The Labute approximate surface area is 180 Å². The molecule has 8 nitrogen and oxygen atoms in total. The molecular weight excluding hydrogens is 394 g/mol. The van der Waals surface area contributed by atoms with E-state index in [-0.39, 0.29) is 11.8 Å². The molecule has 8 heteroatoms. The molecule has 4 aromatic rings. The van der Waals surface area contributed by atoms with Crippen molar-refractivity contribution in [1.82, 2.24) is 24.1 Å². The van der Waals surface area contributed by atoms with E-state index in [0.717, 1.165) is 47.5 Å². The van der Waals surface area contributed by atoms with Crippen LogP contribution in [-0.4, -0.2) is 57.3 Å². The molecule has 0 saturated carbocycles. The largest absolute Gasteiger partial charge is 0.496 e. The zero-order valence-electron chi connectivity index (χ0n) is 17.9. The van der Waals surface area contributed by atoms with Crippen molar-refractivity contribution in [3.63, 3.8) is 0 Å². The van der Waals surface area contributed by atoms with Crippen LogP contribution in [0.1, 0.15) is 35.1 Å². The quantitative estimate of drug-likeness (QED) is 0.508. The monoisotopic (exact) mass is 419 g/mol. The number of carbonyl (C=O) groups excluding carboxylic acids is 1. The van der Waals surface area contributed by atoms with Crippen LogP contribution in [0.5, 0.6) is 11.5 Å². The van der Waals surface area contributed by atoms with E-state index in [1.54, 1.807) is 14.2 Å². The van der Waals surface area contributed by atoms with Gasteiger partial charge in [-0.05, 0) is 43.2 Å². The molecule has 0 N–H and O–H groups in total. The SMILES string of the molecule is COc1ccc(OC)c2c1cc(C(=O)N1CCCC(c3nnc4ccccn34)C1)n2C. The first-order chi connectivity index (χ1) is 15.1. The molecular formula is C23H25N5O3. The number of fused-ring (bicyclic) bond motifs is 2. The topological polar surface area (TPSA) is 73.9 Å². The summed E-state index contributed by atoms with van der Waals surface area (Å²) in [6.07, 6.45) is 3.89. The van der Waals surface area contributed by atoms with E-state index in [1.807, 2.05) is 63.5 Å². The number of aryl methyl sites for hydroxylation is 1. The van der Waals surface area contributed by atoms with Gasteiger partial charge < -0.3 is 18.9 Å². The Morgan fingerprint density at radius 2 is 1.90 bits per heavy atom. The number of aromatic nitrogens is 4. The molecule has 31 heavy (non-hydrogen) atoms. The third-order valence-electron chi connectivity index (χ3n) is 6.19. The molecule has 4 heterocycles. The van der Waals surface area contributed by atoms with E-state index >= 15 is 0 Å². The second kappa shape index (κ2) is 7.61. The lowest BCUT2D eigenvalue weighted by Crippen LogP contribution is -2.40. The van der Waals surface area contributed by atoms with Gasteiger partial charge in [-0.15, -0.1) is 10.2 Å². The highest BCUT2D eigenvalue weighted by Gasteiger charge is 2.30. The minimum Gasteiger partial charge on any atom is -0.496 e. The Hall–Kier alpha value is -3.55. The van der Waals surface area contributed by atoms with Crippen molar-refractivity contribution in [2.45, 2.75) is 18.8 Å². The van der Waals surface area contributed by atoms with Crippen LogP contribution in [0.4, 0.5) is 0 Å². The second-order valence-corrected chi connectivity index (χ2v) is 7.90. The number of amides is 1. The van der Waals surface area contributed by atoms with E-state index < -0.39 is 0 Å². The molecule has 5 rings (SSSR count). The van der Waals surface area contributed by atoms with Crippen LogP contribution in [0.3, 0.4) is 0 Å². The summed E-state index contributed by atoms with van der Waals surface area (Å²) >= 11 is 0. The van der Waals surface area contributed by atoms with Gasteiger partial charge in [-0.3, -0.25) is 9.20 Å². The normalized spacial score (nSPS) is 16.7. The third kappa shape index (κ3) is 3.10. The van der Waals surface area contributed by atoms with Gasteiger partial charge in [-0.25, -0.2) is 0 Å². The van der Waals surface area contributed by atoms with Crippen molar-refractivity contribution in [3.05, 3.63) is 54.1 Å². The molecule has 0 radical (unpaired) electrons. The van der Waals surface area contributed by atoms with E-state index in [2.05, 4.69) is 10.2 Å². The number of carbonyl (C=O) groups is 1. The van der Waals surface area contributed by atoms with Crippen LogP contribution in [0.15, 0.2) is 42.6 Å². The van der Waals surface area contributed by atoms with Crippen LogP contribution < -0.4 is 9.47 Å². The van der Waals surface area contributed by atoms with Gasteiger partial charge in [0.25, 0.3) is 5.91 Å². The molecule has 0 aliphatic carbocycles. The summed E-state index contributed by atoms with van der Waals surface area (Å²) in [6, 6.07) is 11.5. The number of likely N-dealkylation sites (tertiary alicyclic amines) is 1. The third-order valence-corrected chi connectivity index (χ3v) is 6.19. The zero-order valence-corrected chi connectivity index (χ0v) is 17.9. The highest BCUT2D eigenvalue weighted by molar-refractivity contribution is 6.02. The van der Waals surface area contributed by atoms with Crippen molar-refractivity contribution in [3.8, 4) is 11.5 Å². The van der Waals surface area contributed by atoms with E-state index in [1.165, 1.54) is 0 Å². The Kier molecular flexibility index (Phi) is 4.77. The van der Waals surface area contributed by atoms with Crippen molar-refractivity contribution in [2.75, 3.05) is 27.3 Å². The highest BCUT2D eigenvalue weighted by atomic mass is 16.5. The summed E-state index contributed by atoms with van der Waals surface area (Å²) in [4.78, 5) is 15.5. The van der Waals surface area contributed by atoms with E-state index in [0.29, 0.717) is 18.0 Å². The zero-order chi connectivity index (χ0) is 21.5. The number of hydrogen-bond donors (Lipinski definition) is 0. The number of piperidine rings is 1. The maximum absolute atomic E-state index is 13.5.